The van der Waals surface area contributed by atoms with Gasteiger partial charge in [-0.25, -0.2) is 22.9 Å². The minimum absolute atomic E-state index is 0.0154. The molecule has 1 fully saturated rings. The Bertz CT molecular complexity index is 1600. The Morgan fingerprint density at radius 3 is 2.46 bits per heavy atom. The molecule has 3 heterocycles. The number of hydrogen-bond donors (Lipinski definition) is 1. The molecule has 0 spiro atoms. The van der Waals surface area contributed by atoms with Crippen molar-refractivity contribution in [2.24, 2.45) is 0 Å². The van der Waals surface area contributed by atoms with Gasteiger partial charge in [0.2, 0.25) is 11.8 Å². The number of ether oxygens (including phenoxy) is 2. The Labute approximate surface area is 239 Å². The summed E-state index contributed by atoms with van der Waals surface area (Å²) >= 11 is 0. The van der Waals surface area contributed by atoms with E-state index in [-0.39, 0.29) is 54.4 Å². The second-order valence-corrected chi connectivity index (χ2v) is 12.9. The zero-order valence-corrected chi connectivity index (χ0v) is 24.5. The maximum atomic E-state index is 13.4. The van der Waals surface area contributed by atoms with Crippen molar-refractivity contribution in [1.82, 2.24) is 19.8 Å². The predicted molar refractivity (Wildman–Crippen MR) is 152 cm³/mol. The summed E-state index contributed by atoms with van der Waals surface area (Å²) in [5, 5.41) is 0. The lowest BCUT2D eigenvalue weighted by Gasteiger charge is -2.41. The molecule has 11 nitrogen and oxygen atoms in total. The van der Waals surface area contributed by atoms with Crippen LogP contribution in [0.1, 0.15) is 42.3 Å². The maximum Gasteiger partial charge on any atom is 0.410 e. The van der Waals surface area contributed by atoms with Crippen LogP contribution in [0.3, 0.4) is 0 Å². The lowest BCUT2D eigenvalue weighted by atomic mass is 10.00. The molecule has 216 valence electrons. The number of amides is 2. The van der Waals surface area contributed by atoms with Crippen LogP contribution in [-0.4, -0.2) is 78.1 Å². The van der Waals surface area contributed by atoms with Crippen LogP contribution in [0.25, 0.3) is 11.3 Å². The number of carbonyl (C=O) groups excluding carboxylic acids is 2. The van der Waals surface area contributed by atoms with Crippen LogP contribution in [-0.2, 0) is 14.8 Å². The smallest absolute Gasteiger partial charge is 0.410 e. The number of piperazine rings is 1. The molecule has 0 saturated carbocycles. The van der Waals surface area contributed by atoms with Crippen molar-refractivity contribution in [2.45, 2.75) is 51.2 Å². The van der Waals surface area contributed by atoms with Crippen molar-refractivity contribution in [1.29, 1.82) is 0 Å². The number of fused-ring (bicyclic) bond motifs is 6. The Morgan fingerprint density at radius 2 is 1.76 bits per heavy atom. The standard InChI is InChI=1S/C29H33N5O6S/c1-18-8-6-9-19(2)25(18)23-15-24-31-27(30-23)32-41(37,38)22-11-7-10-20(14-22)26(35)33-12-13-34(21(16-33)17-39-24)28(36)40-29(3,4)5/h6-11,14-15,21H,12-13,16-17H2,1-5H3,(H,30,31,32). The fourth-order valence-corrected chi connectivity index (χ4v) is 5.96. The first-order valence-corrected chi connectivity index (χ1v) is 14.8. The fourth-order valence-electron chi connectivity index (χ4n) is 4.97. The third-order valence-electron chi connectivity index (χ3n) is 6.88. The average molecular weight is 580 g/mol. The lowest BCUT2D eigenvalue weighted by molar-refractivity contribution is -0.00814. The Balaban J connectivity index is 1.61. The molecule has 3 aromatic rings. The zero-order valence-electron chi connectivity index (χ0n) is 23.7. The van der Waals surface area contributed by atoms with Crippen molar-refractivity contribution in [3.8, 4) is 17.1 Å². The quantitative estimate of drug-likeness (QED) is 0.458. The largest absolute Gasteiger partial charge is 0.475 e. The van der Waals surface area contributed by atoms with Gasteiger partial charge < -0.3 is 14.4 Å². The van der Waals surface area contributed by atoms with Crippen molar-refractivity contribution < 1.29 is 27.5 Å². The van der Waals surface area contributed by atoms with Gasteiger partial charge >= 0.3 is 6.09 Å². The summed E-state index contributed by atoms with van der Waals surface area (Å²) in [7, 11) is -4.14. The lowest BCUT2D eigenvalue weighted by Crippen LogP contribution is -2.59. The summed E-state index contributed by atoms with van der Waals surface area (Å²) in [5.74, 6) is -0.406. The van der Waals surface area contributed by atoms with E-state index in [0.717, 1.165) is 16.7 Å². The van der Waals surface area contributed by atoms with E-state index in [9.17, 15) is 18.0 Å². The molecule has 2 aromatic carbocycles. The first kappa shape index (κ1) is 28.3. The van der Waals surface area contributed by atoms with E-state index in [0.29, 0.717) is 5.69 Å². The molecule has 2 aliphatic rings. The molecule has 1 aromatic heterocycles. The van der Waals surface area contributed by atoms with Crippen molar-refractivity contribution in [3.05, 3.63) is 65.2 Å². The van der Waals surface area contributed by atoms with E-state index < -0.39 is 27.8 Å². The van der Waals surface area contributed by atoms with Crippen LogP contribution in [0.4, 0.5) is 10.7 Å². The highest BCUT2D eigenvalue weighted by Crippen LogP contribution is 2.30. The number of sulfonamides is 1. The van der Waals surface area contributed by atoms with Crippen LogP contribution in [0.5, 0.6) is 5.88 Å². The van der Waals surface area contributed by atoms with Gasteiger partial charge in [-0.1, -0.05) is 24.3 Å². The highest BCUT2D eigenvalue weighted by molar-refractivity contribution is 7.92. The van der Waals surface area contributed by atoms with Gasteiger partial charge in [0.15, 0.2) is 0 Å². The molecule has 1 atom stereocenters. The summed E-state index contributed by atoms with van der Waals surface area (Å²) < 4.78 is 40.9. The molecule has 0 aliphatic carbocycles. The number of carbonyl (C=O) groups is 2. The molecule has 2 amide bonds. The maximum absolute atomic E-state index is 13.4. The van der Waals surface area contributed by atoms with Gasteiger partial charge in [0.25, 0.3) is 15.9 Å². The van der Waals surface area contributed by atoms with Gasteiger partial charge in [-0.2, -0.15) is 4.98 Å². The SMILES string of the molecule is Cc1cccc(C)c1-c1cc2nc(n1)NS(=O)(=O)c1cccc(c1)C(=O)N1CCN(C(=O)OC(C)(C)C)C(CO2)C1. The Morgan fingerprint density at radius 1 is 1.05 bits per heavy atom. The molecule has 2 aliphatic heterocycles. The predicted octanol–water partition coefficient (Wildman–Crippen LogP) is 4.02. The van der Waals surface area contributed by atoms with E-state index >= 15 is 0 Å². The summed E-state index contributed by atoms with van der Waals surface area (Å²) in [5.41, 5.74) is 2.71. The number of anilines is 1. The molecular formula is C29H33N5O6S. The molecule has 1 N–H and O–H groups in total. The number of aromatic nitrogens is 2. The number of aryl methyl sites for hydroxylation is 2. The zero-order chi connectivity index (χ0) is 29.5. The summed E-state index contributed by atoms with van der Waals surface area (Å²) in [4.78, 5) is 38.5. The minimum atomic E-state index is -4.14. The van der Waals surface area contributed by atoms with Crippen LogP contribution >= 0.6 is 0 Å². The molecule has 0 radical (unpaired) electrons. The number of nitrogens with zero attached hydrogens (tertiary/aromatic N) is 4. The highest BCUT2D eigenvalue weighted by atomic mass is 32.2. The number of rotatable bonds is 1. The molecule has 5 rings (SSSR count). The van der Waals surface area contributed by atoms with Crippen molar-refractivity contribution in [3.63, 3.8) is 0 Å². The van der Waals surface area contributed by atoms with Crippen LogP contribution in [0.15, 0.2) is 53.4 Å². The molecule has 12 heteroatoms. The van der Waals surface area contributed by atoms with E-state index in [2.05, 4.69) is 14.7 Å². The van der Waals surface area contributed by atoms with Gasteiger partial charge in [0, 0.05) is 36.8 Å². The van der Waals surface area contributed by atoms with E-state index in [1.54, 1.807) is 42.7 Å². The number of hydrogen-bond acceptors (Lipinski definition) is 8. The van der Waals surface area contributed by atoms with Gasteiger partial charge in [-0.15, -0.1) is 0 Å². The van der Waals surface area contributed by atoms with Crippen LogP contribution in [0.2, 0.25) is 0 Å². The minimum Gasteiger partial charge on any atom is -0.475 e. The molecular weight excluding hydrogens is 546 g/mol. The average Bonchev–Trinajstić information content (AvgIpc) is 2.89. The van der Waals surface area contributed by atoms with Crippen molar-refractivity contribution in [2.75, 3.05) is 31.0 Å². The first-order valence-electron chi connectivity index (χ1n) is 13.3. The topological polar surface area (TPSA) is 131 Å². The monoisotopic (exact) mass is 579 g/mol. The van der Waals surface area contributed by atoms with E-state index in [4.69, 9.17) is 9.47 Å². The number of benzene rings is 2. The normalized spacial score (nSPS) is 18.6. The van der Waals surface area contributed by atoms with Gasteiger partial charge in [0.05, 0.1) is 16.6 Å². The number of nitrogens with one attached hydrogen (secondary N) is 1. The highest BCUT2D eigenvalue weighted by Gasteiger charge is 2.36. The van der Waals surface area contributed by atoms with Gasteiger partial charge in [-0.05, 0) is 63.9 Å². The Hall–Kier alpha value is -4.19. The van der Waals surface area contributed by atoms with Gasteiger partial charge in [-0.3, -0.25) is 9.69 Å². The van der Waals surface area contributed by atoms with Crippen molar-refractivity contribution >= 4 is 28.0 Å². The second kappa shape index (κ2) is 10.7. The molecule has 1 saturated heterocycles. The van der Waals surface area contributed by atoms with E-state index in [1.165, 1.54) is 18.2 Å². The van der Waals surface area contributed by atoms with Crippen LogP contribution in [0, 0.1) is 13.8 Å². The van der Waals surface area contributed by atoms with Gasteiger partial charge in [0.1, 0.15) is 12.2 Å². The summed E-state index contributed by atoms with van der Waals surface area (Å²) in [6.07, 6.45) is -0.506. The first-order chi connectivity index (χ1) is 19.3. The van der Waals surface area contributed by atoms with E-state index in [1.807, 2.05) is 32.0 Å². The molecule has 1 unspecified atom stereocenters. The molecule has 41 heavy (non-hydrogen) atoms. The third-order valence-corrected chi connectivity index (χ3v) is 8.20. The summed E-state index contributed by atoms with van der Waals surface area (Å²) in [6, 6.07) is 12.7. The Kier molecular flexibility index (Phi) is 7.37. The summed E-state index contributed by atoms with van der Waals surface area (Å²) in [6.45, 7) is 9.88. The third kappa shape index (κ3) is 6.12. The molecule has 6 bridgehead atoms. The van der Waals surface area contributed by atoms with Crippen LogP contribution < -0.4 is 9.46 Å². The second-order valence-electron chi connectivity index (χ2n) is 11.2. The fraction of sp³-hybridized carbons (Fsp3) is 0.379.